The Labute approximate surface area is 208 Å². The molecule has 7 heteroatoms. The van der Waals surface area contributed by atoms with Gasteiger partial charge in [0.1, 0.15) is 11.3 Å². The lowest BCUT2D eigenvalue weighted by molar-refractivity contribution is 0.0971. The van der Waals surface area contributed by atoms with Crippen LogP contribution in [0.1, 0.15) is 47.1 Å². The summed E-state index contributed by atoms with van der Waals surface area (Å²) in [5, 5.41) is 0.444. The minimum absolute atomic E-state index is 0.0454. The third kappa shape index (κ3) is 3.86. The van der Waals surface area contributed by atoms with Crippen molar-refractivity contribution in [3.63, 3.8) is 0 Å². The van der Waals surface area contributed by atoms with Crippen molar-refractivity contribution in [2.45, 2.75) is 26.8 Å². The van der Waals surface area contributed by atoms with Crippen LogP contribution in [0.4, 0.5) is 5.69 Å². The Hall–Kier alpha value is -4.26. The molecule has 2 heterocycles. The maximum atomic E-state index is 13.8. The Morgan fingerprint density at radius 1 is 0.889 bits per heavy atom. The predicted molar refractivity (Wildman–Crippen MR) is 138 cm³/mol. The van der Waals surface area contributed by atoms with Gasteiger partial charge in [-0.2, -0.15) is 0 Å². The van der Waals surface area contributed by atoms with E-state index in [1.165, 1.54) is 0 Å². The smallest absolute Gasteiger partial charge is 0.295 e. The van der Waals surface area contributed by atoms with Crippen LogP contribution in [0.3, 0.4) is 0 Å². The van der Waals surface area contributed by atoms with E-state index in [0.29, 0.717) is 58.2 Å². The SMILES string of the molecule is CCOc1ccc(C2c3c(oc4ccc(C)cc4c3=O)C(=O)N2c2ccc(OC)cc2)cc1OCC. The summed E-state index contributed by atoms with van der Waals surface area (Å²) in [5.41, 5.74) is 2.72. The second kappa shape index (κ2) is 9.41. The first kappa shape index (κ1) is 23.5. The fourth-order valence-electron chi connectivity index (χ4n) is 4.65. The van der Waals surface area contributed by atoms with Gasteiger partial charge >= 0.3 is 0 Å². The van der Waals surface area contributed by atoms with Gasteiger partial charge < -0.3 is 18.6 Å². The van der Waals surface area contributed by atoms with Gasteiger partial charge in [-0.25, -0.2) is 0 Å². The van der Waals surface area contributed by atoms with Gasteiger partial charge in [-0.3, -0.25) is 14.5 Å². The molecule has 1 unspecified atom stereocenters. The van der Waals surface area contributed by atoms with Crippen molar-refractivity contribution in [3.8, 4) is 17.2 Å². The second-order valence-electron chi connectivity index (χ2n) is 8.52. The zero-order chi connectivity index (χ0) is 25.4. The Bertz CT molecular complexity index is 1510. The van der Waals surface area contributed by atoms with Crippen LogP contribution in [-0.2, 0) is 0 Å². The molecular formula is C29H27NO6. The van der Waals surface area contributed by atoms with Crippen LogP contribution in [0.2, 0.25) is 0 Å². The summed E-state index contributed by atoms with van der Waals surface area (Å²) >= 11 is 0. The van der Waals surface area contributed by atoms with Crippen molar-refractivity contribution in [3.05, 3.63) is 93.3 Å². The molecule has 3 aromatic carbocycles. The van der Waals surface area contributed by atoms with Gasteiger partial charge in [-0.05, 0) is 74.9 Å². The normalized spacial score (nSPS) is 14.7. The number of carbonyl (C=O) groups is 1. The van der Waals surface area contributed by atoms with Crippen LogP contribution < -0.4 is 24.5 Å². The highest BCUT2D eigenvalue weighted by molar-refractivity contribution is 6.10. The molecule has 1 aromatic heterocycles. The number of amides is 1. The van der Waals surface area contributed by atoms with Crippen molar-refractivity contribution < 1.29 is 23.4 Å². The standard InChI is InChI=1S/C29H27NO6/c1-5-34-23-14-8-18(16-24(23)35-6-2)26-25-27(31)21-15-17(3)7-13-22(21)36-28(25)29(32)30(26)19-9-11-20(33-4)12-10-19/h7-16,26H,5-6H2,1-4H3. The number of hydrogen-bond acceptors (Lipinski definition) is 6. The molecule has 1 atom stereocenters. The molecule has 0 bridgehead atoms. The average molecular weight is 486 g/mol. The highest BCUT2D eigenvalue weighted by Crippen LogP contribution is 2.43. The highest BCUT2D eigenvalue weighted by atomic mass is 16.5. The number of fused-ring (bicyclic) bond motifs is 2. The van der Waals surface area contributed by atoms with Crippen LogP contribution in [-0.4, -0.2) is 26.2 Å². The molecule has 7 nitrogen and oxygen atoms in total. The fourth-order valence-corrected chi connectivity index (χ4v) is 4.65. The summed E-state index contributed by atoms with van der Waals surface area (Å²) in [6, 6.07) is 17.3. The van der Waals surface area contributed by atoms with Gasteiger partial charge in [0.2, 0.25) is 5.76 Å². The summed E-state index contributed by atoms with van der Waals surface area (Å²) in [7, 11) is 1.58. The van der Waals surface area contributed by atoms with Crippen molar-refractivity contribution in [1.82, 2.24) is 0 Å². The Morgan fingerprint density at radius 3 is 2.31 bits per heavy atom. The van der Waals surface area contributed by atoms with Crippen LogP contribution in [0.5, 0.6) is 17.2 Å². The summed E-state index contributed by atoms with van der Waals surface area (Å²) in [4.78, 5) is 29.2. The van der Waals surface area contributed by atoms with Gasteiger partial charge in [-0.15, -0.1) is 0 Å². The molecule has 184 valence electrons. The summed E-state index contributed by atoms with van der Waals surface area (Å²) < 4.78 is 22.9. The molecule has 0 spiro atoms. The third-order valence-corrected chi connectivity index (χ3v) is 6.26. The van der Waals surface area contributed by atoms with E-state index in [0.717, 1.165) is 5.56 Å². The van der Waals surface area contributed by atoms with Gasteiger partial charge in [0.15, 0.2) is 16.9 Å². The van der Waals surface area contributed by atoms with Gasteiger partial charge in [0.05, 0.1) is 37.3 Å². The Morgan fingerprint density at radius 2 is 1.61 bits per heavy atom. The Balaban J connectivity index is 1.76. The van der Waals surface area contributed by atoms with Gasteiger partial charge in [0, 0.05) is 5.69 Å². The number of anilines is 1. The molecule has 1 aliphatic heterocycles. The van der Waals surface area contributed by atoms with Crippen molar-refractivity contribution >= 4 is 22.6 Å². The molecule has 4 aromatic rings. The quantitative estimate of drug-likeness (QED) is 0.336. The summed E-state index contributed by atoms with van der Waals surface area (Å²) in [5.74, 6) is 1.48. The molecule has 0 aliphatic carbocycles. The van der Waals surface area contributed by atoms with E-state index in [4.69, 9.17) is 18.6 Å². The first-order chi connectivity index (χ1) is 17.5. The maximum absolute atomic E-state index is 13.8. The number of benzene rings is 3. The number of rotatable bonds is 7. The zero-order valence-electron chi connectivity index (χ0n) is 20.7. The van der Waals surface area contributed by atoms with Crippen molar-refractivity contribution in [2.24, 2.45) is 0 Å². The molecule has 0 saturated carbocycles. The lowest BCUT2D eigenvalue weighted by atomic mass is 9.97. The van der Waals surface area contributed by atoms with E-state index in [-0.39, 0.29) is 17.1 Å². The topological polar surface area (TPSA) is 78.2 Å². The number of ether oxygens (including phenoxy) is 3. The first-order valence-corrected chi connectivity index (χ1v) is 11.9. The maximum Gasteiger partial charge on any atom is 0.295 e. The molecule has 36 heavy (non-hydrogen) atoms. The van der Waals surface area contributed by atoms with Crippen LogP contribution in [0.25, 0.3) is 11.0 Å². The fraction of sp³-hybridized carbons (Fsp3) is 0.241. The molecule has 1 aliphatic rings. The Kier molecular flexibility index (Phi) is 6.14. The first-order valence-electron chi connectivity index (χ1n) is 11.9. The predicted octanol–water partition coefficient (Wildman–Crippen LogP) is 5.66. The van der Waals surface area contributed by atoms with Crippen molar-refractivity contribution in [2.75, 3.05) is 25.2 Å². The van der Waals surface area contributed by atoms with Gasteiger partial charge in [-0.1, -0.05) is 17.7 Å². The van der Waals surface area contributed by atoms with Crippen LogP contribution in [0, 0.1) is 6.92 Å². The highest BCUT2D eigenvalue weighted by Gasteiger charge is 2.44. The van der Waals surface area contributed by atoms with Crippen LogP contribution in [0.15, 0.2) is 69.9 Å². The van der Waals surface area contributed by atoms with Crippen molar-refractivity contribution in [1.29, 1.82) is 0 Å². The molecular weight excluding hydrogens is 458 g/mol. The van der Waals surface area contributed by atoms with E-state index < -0.39 is 6.04 Å². The number of methoxy groups -OCH3 is 1. The monoisotopic (exact) mass is 485 g/mol. The largest absolute Gasteiger partial charge is 0.497 e. The number of nitrogens with zero attached hydrogens (tertiary/aromatic N) is 1. The molecule has 0 N–H and O–H groups in total. The number of carbonyl (C=O) groups excluding carboxylic acids is 1. The zero-order valence-corrected chi connectivity index (χ0v) is 20.7. The lowest BCUT2D eigenvalue weighted by Gasteiger charge is -2.26. The molecule has 1 amide bonds. The van der Waals surface area contributed by atoms with Gasteiger partial charge in [0.25, 0.3) is 5.91 Å². The number of hydrogen-bond donors (Lipinski definition) is 0. The van der Waals surface area contributed by atoms with E-state index in [1.807, 2.05) is 45.0 Å². The molecule has 0 radical (unpaired) electrons. The minimum Gasteiger partial charge on any atom is -0.497 e. The second-order valence-corrected chi connectivity index (χ2v) is 8.52. The third-order valence-electron chi connectivity index (χ3n) is 6.26. The minimum atomic E-state index is -0.711. The van der Waals surface area contributed by atoms with E-state index in [2.05, 4.69) is 0 Å². The van der Waals surface area contributed by atoms with E-state index in [9.17, 15) is 9.59 Å². The molecule has 0 fully saturated rings. The lowest BCUT2D eigenvalue weighted by Crippen LogP contribution is -2.29. The summed E-state index contributed by atoms with van der Waals surface area (Å²) in [6.45, 7) is 6.64. The molecule has 5 rings (SSSR count). The van der Waals surface area contributed by atoms with E-state index in [1.54, 1.807) is 48.4 Å². The van der Waals surface area contributed by atoms with Crippen LogP contribution >= 0.6 is 0 Å². The van der Waals surface area contributed by atoms with E-state index >= 15 is 0 Å². The summed E-state index contributed by atoms with van der Waals surface area (Å²) in [6.07, 6.45) is 0. The average Bonchev–Trinajstić information content (AvgIpc) is 3.18. The number of aryl methyl sites for hydroxylation is 1. The molecule has 0 saturated heterocycles.